The molecule has 2 aliphatic rings. The van der Waals surface area contributed by atoms with Crippen LogP contribution in [0, 0.1) is 5.92 Å². The number of para-hydroxylation sites is 1. The Bertz CT molecular complexity index is 1080. The minimum absolute atomic E-state index is 0.0383. The lowest BCUT2D eigenvalue weighted by Crippen LogP contribution is -2.44. The van der Waals surface area contributed by atoms with E-state index in [-0.39, 0.29) is 23.0 Å². The van der Waals surface area contributed by atoms with E-state index < -0.39 is 6.04 Å². The van der Waals surface area contributed by atoms with Crippen LogP contribution in [0.25, 0.3) is 0 Å². The zero-order valence-corrected chi connectivity index (χ0v) is 20.1. The molecule has 3 atom stereocenters. The van der Waals surface area contributed by atoms with Gasteiger partial charge in [-0.1, -0.05) is 81.4 Å². The van der Waals surface area contributed by atoms with Gasteiger partial charge in [0.25, 0.3) is 5.91 Å². The Labute approximate surface area is 199 Å². The highest BCUT2D eigenvalue weighted by molar-refractivity contribution is 8.15. The van der Waals surface area contributed by atoms with E-state index in [1.165, 1.54) is 17.3 Å². The van der Waals surface area contributed by atoms with Crippen LogP contribution < -0.4 is 5.32 Å². The molecular formula is C26H30N4O2S. The number of rotatable bonds is 8. The Hall–Kier alpha value is -2.93. The molecule has 4 rings (SSSR count). The molecule has 0 unspecified atom stereocenters. The first-order valence-electron chi connectivity index (χ1n) is 11.6. The van der Waals surface area contributed by atoms with Crippen LogP contribution in [-0.2, 0) is 16.0 Å². The van der Waals surface area contributed by atoms with Crippen molar-refractivity contribution in [1.29, 1.82) is 0 Å². The standard InChI is InChI=1S/C26H30N4O2S/c1-4-17(3)22-25(32)30-23(29-22)19-13-9-10-14-20(19)28-26(30)33-21(5-2)24(31)27-16-15-18-11-7-6-8-12-18/h6-14,17,21-22H,4-5,15-16H2,1-3H3,(H,27,31)/t17-,21+,22-/m1/s1. The Balaban J connectivity index is 1.52. The molecule has 0 saturated heterocycles. The monoisotopic (exact) mass is 462 g/mol. The Morgan fingerprint density at radius 1 is 1.09 bits per heavy atom. The van der Waals surface area contributed by atoms with E-state index >= 15 is 0 Å². The van der Waals surface area contributed by atoms with Gasteiger partial charge in [0.1, 0.15) is 11.9 Å². The summed E-state index contributed by atoms with van der Waals surface area (Å²) >= 11 is 1.35. The summed E-state index contributed by atoms with van der Waals surface area (Å²) in [6, 6.07) is 17.4. The minimum atomic E-state index is -0.415. The van der Waals surface area contributed by atoms with Gasteiger partial charge >= 0.3 is 0 Å². The second-order valence-corrected chi connectivity index (χ2v) is 9.58. The van der Waals surface area contributed by atoms with E-state index in [1.54, 1.807) is 4.90 Å². The van der Waals surface area contributed by atoms with Gasteiger partial charge in [0.2, 0.25) is 5.91 Å². The predicted molar refractivity (Wildman–Crippen MR) is 135 cm³/mol. The Kier molecular flexibility index (Phi) is 7.28. The van der Waals surface area contributed by atoms with Crippen LogP contribution >= 0.6 is 11.8 Å². The van der Waals surface area contributed by atoms with Gasteiger partial charge in [-0.15, -0.1) is 0 Å². The molecule has 2 heterocycles. The summed E-state index contributed by atoms with van der Waals surface area (Å²) in [6.07, 6.45) is 2.27. The highest BCUT2D eigenvalue weighted by atomic mass is 32.2. The number of carbonyl (C=O) groups excluding carboxylic acids is 2. The van der Waals surface area contributed by atoms with Gasteiger partial charge in [-0.2, -0.15) is 0 Å². The number of amidine groups is 2. The molecule has 0 saturated carbocycles. The van der Waals surface area contributed by atoms with Gasteiger partial charge in [-0.3, -0.25) is 14.6 Å². The van der Waals surface area contributed by atoms with Crippen molar-refractivity contribution in [2.45, 2.75) is 51.3 Å². The highest BCUT2D eigenvalue weighted by Gasteiger charge is 2.43. The molecule has 0 bridgehead atoms. The van der Waals surface area contributed by atoms with Crippen LogP contribution in [0.15, 0.2) is 64.6 Å². The van der Waals surface area contributed by atoms with Gasteiger partial charge in [-0.05, 0) is 36.5 Å². The third-order valence-electron chi connectivity index (χ3n) is 6.15. The Morgan fingerprint density at radius 2 is 1.82 bits per heavy atom. The first kappa shape index (κ1) is 23.2. The van der Waals surface area contributed by atoms with Gasteiger partial charge < -0.3 is 5.32 Å². The molecule has 0 radical (unpaired) electrons. The highest BCUT2D eigenvalue weighted by Crippen LogP contribution is 2.36. The van der Waals surface area contributed by atoms with Crippen molar-refractivity contribution in [2.75, 3.05) is 6.54 Å². The molecule has 0 aromatic heterocycles. The van der Waals surface area contributed by atoms with Crippen LogP contribution in [-0.4, -0.2) is 45.6 Å². The van der Waals surface area contributed by atoms with Crippen LogP contribution in [0.1, 0.15) is 44.7 Å². The number of nitrogens with one attached hydrogen (secondary N) is 1. The van der Waals surface area contributed by atoms with Crippen molar-refractivity contribution in [3.63, 3.8) is 0 Å². The molecule has 7 heteroatoms. The lowest BCUT2D eigenvalue weighted by Gasteiger charge is -2.27. The third kappa shape index (κ3) is 4.88. The van der Waals surface area contributed by atoms with Crippen molar-refractivity contribution in [3.8, 4) is 0 Å². The molecule has 1 N–H and O–H groups in total. The number of amides is 2. The molecular weight excluding hydrogens is 432 g/mol. The number of hydrogen-bond donors (Lipinski definition) is 1. The Morgan fingerprint density at radius 3 is 2.55 bits per heavy atom. The summed E-state index contributed by atoms with van der Waals surface area (Å²) in [5.41, 5.74) is 2.83. The first-order chi connectivity index (χ1) is 16.0. The molecule has 0 spiro atoms. The number of thioether (sulfide) groups is 1. The summed E-state index contributed by atoms with van der Waals surface area (Å²) in [6.45, 7) is 6.67. The smallest absolute Gasteiger partial charge is 0.259 e. The van der Waals surface area contributed by atoms with Crippen LogP contribution in [0.2, 0.25) is 0 Å². The SMILES string of the molecule is CC[C@H](SC1=Nc2ccccc2C2=N[C@H]([C@H](C)CC)C(=O)N12)C(=O)NCCc1ccccc1. The molecule has 2 aromatic carbocycles. The van der Waals surface area contributed by atoms with Gasteiger partial charge in [-0.25, -0.2) is 9.89 Å². The molecule has 0 aliphatic carbocycles. The lowest BCUT2D eigenvalue weighted by molar-refractivity contribution is -0.125. The van der Waals surface area contributed by atoms with Crippen molar-refractivity contribution >= 4 is 40.3 Å². The number of nitrogens with zero attached hydrogens (tertiary/aromatic N) is 3. The maximum atomic E-state index is 13.3. The van der Waals surface area contributed by atoms with E-state index in [2.05, 4.69) is 31.3 Å². The summed E-state index contributed by atoms with van der Waals surface area (Å²) in [5.74, 6) is 0.693. The second kappa shape index (κ2) is 10.3. The number of carbonyl (C=O) groups is 2. The zero-order chi connectivity index (χ0) is 23.4. The van der Waals surface area contributed by atoms with E-state index in [1.807, 2.05) is 49.4 Å². The summed E-state index contributed by atoms with van der Waals surface area (Å²) in [7, 11) is 0. The second-order valence-electron chi connectivity index (χ2n) is 8.41. The number of fused-ring (bicyclic) bond motifs is 3. The molecule has 2 amide bonds. The summed E-state index contributed by atoms with van der Waals surface area (Å²) in [5, 5.41) is 3.24. The zero-order valence-electron chi connectivity index (χ0n) is 19.3. The summed E-state index contributed by atoms with van der Waals surface area (Å²) < 4.78 is 0. The van der Waals surface area contributed by atoms with Crippen LogP contribution in [0.3, 0.4) is 0 Å². The molecule has 2 aromatic rings. The van der Waals surface area contributed by atoms with Crippen molar-refractivity contribution in [3.05, 3.63) is 65.7 Å². The lowest BCUT2D eigenvalue weighted by atomic mass is 10.00. The summed E-state index contributed by atoms with van der Waals surface area (Å²) in [4.78, 5) is 37.5. The number of hydrogen-bond acceptors (Lipinski definition) is 5. The molecule has 0 fully saturated rings. The van der Waals surface area contributed by atoms with E-state index in [9.17, 15) is 9.59 Å². The van der Waals surface area contributed by atoms with Gasteiger partial charge in [0.05, 0.1) is 10.9 Å². The maximum absolute atomic E-state index is 13.3. The van der Waals surface area contributed by atoms with E-state index in [4.69, 9.17) is 9.98 Å². The van der Waals surface area contributed by atoms with Gasteiger partial charge in [0, 0.05) is 12.1 Å². The van der Waals surface area contributed by atoms with Crippen LogP contribution in [0.5, 0.6) is 0 Å². The van der Waals surface area contributed by atoms with E-state index in [0.717, 1.165) is 24.1 Å². The quantitative estimate of drug-likeness (QED) is 0.625. The van der Waals surface area contributed by atoms with Crippen molar-refractivity contribution in [1.82, 2.24) is 10.2 Å². The first-order valence-corrected chi connectivity index (χ1v) is 12.5. The molecule has 6 nitrogen and oxygen atoms in total. The van der Waals surface area contributed by atoms with Crippen molar-refractivity contribution < 1.29 is 9.59 Å². The number of benzene rings is 2. The third-order valence-corrected chi connectivity index (χ3v) is 7.47. The molecule has 33 heavy (non-hydrogen) atoms. The largest absolute Gasteiger partial charge is 0.355 e. The normalized spacial score (nSPS) is 18.7. The fourth-order valence-corrected chi connectivity index (χ4v) is 5.02. The predicted octanol–water partition coefficient (Wildman–Crippen LogP) is 4.56. The average Bonchev–Trinajstić information content (AvgIpc) is 3.20. The molecule has 172 valence electrons. The van der Waals surface area contributed by atoms with Crippen molar-refractivity contribution in [2.24, 2.45) is 15.9 Å². The molecule has 2 aliphatic heterocycles. The average molecular weight is 463 g/mol. The maximum Gasteiger partial charge on any atom is 0.259 e. The van der Waals surface area contributed by atoms with E-state index in [0.29, 0.717) is 24.0 Å². The van der Waals surface area contributed by atoms with Crippen LogP contribution in [0.4, 0.5) is 5.69 Å². The fraction of sp³-hybridized carbons (Fsp3) is 0.385. The fourth-order valence-electron chi connectivity index (χ4n) is 3.98. The topological polar surface area (TPSA) is 74.1 Å². The van der Waals surface area contributed by atoms with Gasteiger partial charge in [0.15, 0.2) is 5.17 Å². The minimum Gasteiger partial charge on any atom is -0.355 e. The number of aliphatic imine (C=N–C) groups is 2.